The van der Waals surface area contributed by atoms with Gasteiger partial charge in [-0.2, -0.15) is 0 Å². The van der Waals surface area contributed by atoms with Crippen LogP contribution in [-0.4, -0.2) is 15.0 Å². The summed E-state index contributed by atoms with van der Waals surface area (Å²) in [5.74, 6) is 0. The molecular weight excluding hydrogens is 206 g/mol. The Labute approximate surface area is 71.6 Å². The van der Waals surface area contributed by atoms with Crippen molar-refractivity contribution in [3.63, 3.8) is 0 Å². The maximum Gasteiger partial charge on any atom is 0.116 e. The molecule has 3 nitrogen and oxygen atoms in total. The van der Waals surface area contributed by atoms with Gasteiger partial charge in [-0.1, -0.05) is 0 Å². The molecule has 0 saturated heterocycles. The predicted molar refractivity (Wildman–Crippen MR) is 45.0 cm³/mol. The Hall–Kier alpha value is -1.03. The molecule has 0 aliphatic heterocycles. The molecule has 4 heteroatoms. The third-order valence-corrected chi connectivity index (χ3v) is 1.77. The zero-order valence-electron chi connectivity index (χ0n) is 5.53. The number of aromatic nitrogens is 3. The highest BCUT2D eigenvalue weighted by Crippen LogP contribution is 2.11. The molecule has 0 aliphatic carbocycles. The van der Waals surface area contributed by atoms with Crippen molar-refractivity contribution in [1.82, 2.24) is 15.0 Å². The van der Waals surface area contributed by atoms with Crippen molar-refractivity contribution in [2.24, 2.45) is 0 Å². The Kier molecular flexibility index (Phi) is 1.54. The molecule has 0 amide bonds. The van der Waals surface area contributed by atoms with Gasteiger partial charge in [0.25, 0.3) is 0 Å². The van der Waals surface area contributed by atoms with Crippen molar-refractivity contribution < 1.29 is 0 Å². The van der Waals surface area contributed by atoms with Crippen LogP contribution in [0.5, 0.6) is 0 Å². The number of fused-ring (bicyclic) bond motifs is 1. The third kappa shape index (κ3) is 1.21. The number of nitrogens with zero attached hydrogens (tertiary/aromatic N) is 3. The molecule has 2 aromatic rings. The lowest BCUT2D eigenvalue weighted by molar-refractivity contribution is 1.19. The van der Waals surface area contributed by atoms with E-state index >= 15 is 0 Å². The molecular formula is C7H4BrN3. The van der Waals surface area contributed by atoms with Crippen molar-refractivity contribution in [3.8, 4) is 0 Å². The molecule has 0 aromatic carbocycles. The summed E-state index contributed by atoms with van der Waals surface area (Å²) < 4.78 is 0.805. The maximum atomic E-state index is 4.17. The van der Waals surface area contributed by atoms with E-state index in [1.807, 2.05) is 12.1 Å². The van der Waals surface area contributed by atoms with E-state index in [0.717, 1.165) is 15.6 Å². The minimum Gasteiger partial charge on any atom is -0.243 e. The molecule has 0 radical (unpaired) electrons. The second kappa shape index (κ2) is 2.54. The summed E-state index contributed by atoms with van der Waals surface area (Å²) in [7, 11) is 0. The van der Waals surface area contributed by atoms with E-state index < -0.39 is 0 Å². The lowest BCUT2D eigenvalue weighted by Gasteiger charge is -1.93. The van der Waals surface area contributed by atoms with Crippen LogP contribution in [0, 0.1) is 0 Å². The Morgan fingerprint density at radius 1 is 1.18 bits per heavy atom. The van der Waals surface area contributed by atoms with Gasteiger partial charge in [-0.15, -0.1) is 0 Å². The summed E-state index contributed by atoms with van der Waals surface area (Å²) in [5, 5.41) is 0. The lowest BCUT2D eigenvalue weighted by Crippen LogP contribution is -1.83. The monoisotopic (exact) mass is 209 g/mol. The standard InChI is InChI=1S/C7H4BrN3/c8-7-2-1-5-6(11-7)3-9-4-10-5/h1-4H. The van der Waals surface area contributed by atoms with E-state index in [1.165, 1.54) is 6.33 Å². The number of hydrogen-bond donors (Lipinski definition) is 0. The quantitative estimate of drug-likeness (QED) is 0.622. The minimum atomic E-state index is 0.805. The van der Waals surface area contributed by atoms with Gasteiger partial charge in [-0.25, -0.2) is 15.0 Å². The Balaban J connectivity index is 2.83. The zero-order valence-corrected chi connectivity index (χ0v) is 7.12. The SMILES string of the molecule is Brc1ccc2ncncc2n1. The van der Waals surface area contributed by atoms with Crippen LogP contribution in [0.3, 0.4) is 0 Å². The number of halogens is 1. The van der Waals surface area contributed by atoms with Gasteiger partial charge in [0.1, 0.15) is 16.4 Å². The van der Waals surface area contributed by atoms with Gasteiger partial charge >= 0.3 is 0 Å². The van der Waals surface area contributed by atoms with Crippen molar-refractivity contribution in [1.29, 1.82) is 0 Å². The fourth-order valence-electron chi connectivity index (χ4n) is 0.846. The first-order chi connectivity index (χ1) is 5.36. The van der Waals surface area contributed by atoms with Gasteiger partial charge in [-0.05, 0) is 28.1 Å². The lowest BCUT2D eigenvalue weighted by atomic mass is 10.4. The van der Waals surface area contributed by atoms with Crippen LogP contribution in [0.1, 0.15) is 0 Å². The first kappa shape index (κ1) is 6.67. The Bertz CT molecular complexity index is 388. The Morgan fingerprint density at radius 2 is 2.09 bits per heavy atom. The van der Waals surface area contributed by atoms with Crippen LogP contribution < -0.4 is 0 Å². The van der Waals surface area contributed by atoms with Gasteiger partial charge in [0.15, 0.2) is 0 Å². The Morgan fingerprint density at radius 3 is 3.00 bits per heavy atom. The summed E-state index contributed by atoms with van der Waals surface area (Å²) in [6.07, 6.45) is 3.20. The fraction of sp³-hybridized carbons (Fsp3) is 0. The summed E-state index contributed by atoms with van der Waals surface area (Å²) in [6, 6.07) is 3.75. The first-order valence-electron chi connectivity index (χ1n) is 3.08. The van der Waals surface area contributed by atoms with E-state index in [4.69, 9.17) is 0 Å². The molecule has 54 valence electrons. The number of pyridine rings is 1. The summed E-state index contributed by atoms with van der Waals surface area (Å²) in [6.45, 7) is 0. The molecule has 2 heterocycles. The number of rotatable bonds is 0. The molecule has 0 N–H and O–H groups in total. The van der Waals surface area contributed by atoms with Gasteiger partial charge in [-0.3, -0.25) is 0 Å². The van der Waals surface area contributed by atoms with Crippen LogP contribution in [0.25, 0.3) is 11.0 Å². The average Bonchev–Trinajstić information content (AvgIpc) is 2.04. The van der Waals surface area contributed by atoms with Crippen LogP contribution >= 0.6 is 15.9 Å². The van der Waals surface area contributed by atoms with Crippen LogP contribution in [-0.2, 0) is 0 Å². The zero-order chi connectivity index (χ0) is 7.68. The molecule has 0 atom stereocenters. The molecule has 0 unspecified atom stereocenters. The van der Waals surface area contributed by atoms with Gasteiger partial charge in [0.05, 0.1) is 11.7 Å². The topological polar surface area (TPSA) is 38.7 Å². The van der Waals surface area contributed by atoms with E-state index in [2.05, 4.69) is 30.9 Å². The van der Waals surface area contributed by atoms with Crippen molar-refractivity contribution in [2.75, 3.05) is 0 Å². The predicted octanol–water partition coefficient (Wildman–Crippen LogP) is 1.79. The van der Waals surface area contributed by atoms with E-state index in [0.29, 0.717) is 0 Å². The van der Waals surface area contributed by atoms with Crippen LogP contribution in [0.15, 0.2) is 29.3 Å². The minimum absolute atomic E-state index is 0.805. The normalized spacial score (nSPS) is 10.3. The van der Waals surface area contributed by atoms with E-state index in [1.54, 1.807) is 6.20 Å². The summed E-state index contributed by atoms with van der Waals surface area (Å²) in [5.41, 5.74) is 1.67. The molecule has 0 saturated carbocycles. The number of hydrogen-bond acceptors (Lipinski definition) is 3. The highest BCUT2D eigenvalue weighted by Gasteiger charge is 1.94. The molecule has 2 aromatic heterocycles. The molecule has 0 fully saturated rings. The van der Waals surface area contributed by atoms with Crippen molar-refractivity contribution in [3.05, 3.63) is 29.3 Å². The fourth-order valence-corrected chi connectivity index (χ4v) is 1.17. The van der Waals surface area contributed by atoms with Crippen LogP contribution in [0.4, 0.5) is 0 Å². The molecule has 0 aliphatic rings. The van der Waals surface area contributed by atoms with Crippen molar-refractivity contribution >= 4 is 27.0 Å². The smallest absolute Gasteiger partial charge is 0.116 e. The van der Waals surface area contributed by atoms with E-state index in [9.17, 15) is 0 Å². The average molecular weight is 210 g/mol. The summed E-state index contributed by atoms with van der Waals surface area (Å²) >= 11 is 3.27. The highest BCUT2D eigenvalue weighted by atomic mass is 79.9. The van der Waals surface area contributed by atoms with Crippen molar-refractivity contribution in [2.45, 2.75) is 0 Å². The molecule has 0 bridgehead atoms. The highest BCUT2D eigenvalue weighted by molar-refractivity contribution is 9.10. The largest absolute Gasteiger partial charge is 0.243 e. The second-order valence-corrected chi connectivity index (χ2v) is 2.87. The maximum absolute atomic E-state index is 4.17. The summed E-state index contributed by atoms with van der Waals surface area (Å²) in [4.78, 5) is 12.1. The molecule has 2 rings (SSSR count). The van der Waals surface area contributed by atoms with Gasteiger partial charge in [0.2, 0.25) is 0 Å². The van der Waals surface area contributed by atoms with Gasteiger partial charge in [0, 0.05) is 0 Å². The molecule has 0 spiro atoms. The van der Waals surface area contributed by atoms with Crippen LogP contribution in [0.2, 0.25) is 0 Å². The first-order valence-corrected chi connectivity index (χ1v) is 3.88. The third-order valence-electron chi connectivity index (χ3n) is 1.33. The molecule has 11 heavy (non-hydrogen) atoms. The van der Waals surface area contributed by atoms with E-state index in [-0.39, 0.29) is 0 Å². The second-order valence-electron chi connectivity index (χ2n) is 2.06. The van der Waals surface area contributed by atoms with Gasteiger partial charge < -0.3 is 0 Å².